The van der Waals surface area contributed by atoms with Crippen LogP contribution >= 0.6 is 8.46 Å². The third-order valence-electron chi connectivity index (χ3n) is 12.8. The molecule has 0 aromatic rings. The second-order valence-electron chi connectivity index (χ2n) is 19.0. The van der Waals surface area contributed by atoms with Crippen LogP contribution < -0.4 is 0 Å². The van der Waals surface area contributed by atoms with E-state index in [1.54, 1.807) is 0 Å². The monoisotopic (exact) mass is 967 g/mol. The minimum Gasteiger partial charge on any atom is -0.348 e. The van der Waals surface area contributed by atoms with Crippen molar-refractivity contribution in [2.45, 2.75) is 303 Å². The summed E-state index contributed by atoms with van der Waals surface area (Å²) in [6.45, 7) is 21.9. The van der Waals surface area contributed by atoms with E-state index in [0.717, 1.165) is 186 Å². The number of unbranched alkanes of at least 4 members (excludes halogenated alkanes) is 28. The third kappa shape index (κ3) is 30.9. The molecule has 0 spiro atoms. The van der Waals surface area contributed by atoms with Gasteiger partial charge < -0.3 is 28.4 Å². The summed E-state index contributed by atoms with van der Waals surface area (Å²) >= 11 is 0. The highest BCUT2D eigenvalue weighted by molar-refractivity contribution is 7.25. The highest BCUT2D eigenvalue weighted by Gasteiger charge is 2.67. The number of rotatable bonds is 55. The van der Waals surface area contributed by atoms with E-state index in [4.69, 9.17) is 28.4 Å². The van der Waals surface area contributed by atoms with Gasteiger partial charge in [0.25, 0.3) is 5.79 Å². The quantitative estimate of drug-likeness (QED) is 0.0255. The van der Waals surface area contributed by atoms with Crippen molar-refractivity contribution < 1.29 is 42.6 Å². The molecule has 0 saturated carbocycles. The van der Waals surface area contributed by atoms with Crippen LogP contribution in [0.4, 0.5) is 0 Å². The Bertz CT molecular complexity index is 1150. The molecule has 394 valence electrons. The fourth-order valence-electron chi connectivity index (χ4n) is 8.46. The van der Waals surface area contributed by atoms with Gasteiger partial charge in [0.15, 0.2) is 11.6 Å². The van der Waals surface area contributed by atoms with Crippen LogP contribution in [0.15, 0.2) is 25.3 Å². The van der Waals surface area contributed by atoms with Gasteiger partial charge in [0.2, 0.25) is 14.8 Å². The maximum atomic E-state index is 14.7. The summed E-state index contributed by atoms with van der Waals surface area (Å²) in [5.41, 5.74) is -2.28. The summed E-state index contributed by atoms with van der Waals surface area (Å²) in [5.74, 6) is -2.87. The van der Waals surface area contributed by atoms with Gasteiger partial charge in [-0.25, -0.2) is 0 Å². The molecule has 0 amide bonds. The Kier molecular flexibility index (Phi) is 46.1. The Morgan fingerprint density at radius 2 is 0.716 bits per heavy atom. The Morgan fingerprint density at radius 1 is 0.418 bits per heavy atom. The molecule has 0 aliphatic heterocycles. The van der Waals surface area contributed by atoms with E-state index in [2.05, 4.69) is 54.7 Å². The predicted molar refractivity (Wildman–Crippen MR) is 281 cm³/mol. The second kappa shape index (κ2) is 47.0. The van der Waals surface area contributed by atoms with Crippen LogP contribution in [0.25, 0.3) is 0 Å². The molecule has 4 atom stereocenters. The van der Waals surface area contributed by atoms with Crippen LogP contribution in [0.1, 0.15) is 273 Å². The molecule has 0 fully saturated rings. The number of carbonyl (C=O) groups is 2. The van der Waals surface area contributed by atoms with Crippen molar-refractivity contribution in [2.24, 2.45) is 0 Å². The van der Waals surface area contributed by atoms with Crippen LogP contribution in [-0.4, -0.2) is 67.8 Å². The van der Waals surface area contributed by atoms with E-state index in [1.807, 2.05) is 0 Å². The number of ketones is 2. The molecule has 4 unspecified atom stereocenters. The van der Waals surface area contributed by atoms with Gasteiger partial charge in [-0.15, -0.1) is 0 Å². The number of carbonyl (C=O) groups excluding carboxylic acids is 2. The van der Waals surface area contributed by atoms with Gasteiger partial charge in [0, 0.05) is 13.2 Å². The molecule has 0 aliphatic rings. The summed E-state index contributed by atoms with van der Waals surface area (Å²) in [4.78, 5) is 28.2. The van der Waals surface area contributed by atoms with Gasteiger partial charge in [-0.2, -0.15) is 0 Å². The fourth-order valence-corrected chi connectivity index (χ4v) is 9.13. The third-order valence-corrected chi connectivity index (χ3v) is 13.6. The Morgan fingerprint density at radius 3 is 1.06 bits per heavy atom. The fraction of sp³-hybridized carbons (Fsp3) is 0.895. The van der Waals surface area contributed by atoms with Crippen molar-refractivity contribution in [3.05, 3.63) is 25.3 Å². The summed E-state index contributed by atoms with van der Waals surface area (Å²) in [7, 11) is -0.633. The molecule has 0 saturated heterocycles. The van der Waals surface area contributed by atoms with Crippen LogP contribution in [0, 0.1) is 0 Å². The molecule has 10 heteroatoms. The zero-order valence-electron chi connectivity index (χ0n) is 44.7. The molecular weight excluding hydrogens is 860 g/mol. The van der Waals surface area contributed by atoms with Crippen LogP contribution in [0.3, 0.4) is 0 Å². The number of ether oxygens (including phenoxy) is 6. The lowest BCUT2D eigenvalue weighted by molar-refractivity contribution is -0.445. The maximum absolute atomic E-state index is 14.7. The average molecular weight is 967 g/mol. The first-order valence-corrected chi connectivity index (χ1v) is 29.1. The van der Waals surface area contributed by atoms with Gasteiger partial charge in [-0.3, -0.25) is 14.2 Å². The molecule has 0 bridgehead atoms. The van der Waals surface area contributed by atoms with Crippen molar-refractivity contribution in [1.82, 2.24) is 0 Å². The molecule has 0 heterocycles. The molecular formula is C57H107O9P. The topological polar surface area (TPSA) is 107 Å². The number of hydrogen-bond donors (Lipinski definition) is 0. The summed E-state index contributed by atoms with van der Waals surface area (Å²) in [6, 6.07) is 0. The van der Waals surface area contributed by atoms with E-state index in [0.29, 0.717) is 45.3 Å². The molecule has 0 aromatic heterocycles. The van der Waals surface area contributed by atoms with Crippen molar-refractivity contribution in [1.29, 1.82) is 0 Å². The minimum atomic E-state index is -2.28. The first-order valence-electron chi connectivity index (χ1n) is 28.3. The Hall–Kier alpha value is -1.32. The minimum absolute atomic E-state index is 0.150. The summed E-state index contributed by atoms with van der Waals surface area (Å²) < 4.78 is 56.9. The Labute approximate surface area is 415 Å². The normalized spacial score (nSPS) is 14.6. The van der Waals surface area contributed by atoms with Crippen LogP contribution in [-0.2, 0) is 42.6 Å². The van der Waals surface area contributed by atoms with E-state index in [9.17, 15) is 14.2 Å². The lowest BCUT2D eigenvalue weighted by atomic mass is 10.0. The van der Waals surface area contributed by atoms with E-state index in [-0.39, 0.29) is 24.8 Å². The molecule has 0 aromatic carbocycles. The SMILES string of the molecule is C=CC(=O)C(CCCCCCC)OC(OCCCCCCCC)(P=O)C(OCCCCCCCC)(OC(CCCCCCC)C(=O)C=C)C(OCCCCCCCC)OCCCCCCCC. The summed E-state index contributed by atoms with van der Waals surface area (Å²) in [5, 5.41) is 0. The van der Waals surface area contributed by atoms with E-state index in [1.165, 1.54) is 25.0 Å². The summed E-state index contributed by atoms with van der Waals surface area (Å²) in [6.07, 6.45) is 34.2. The van der Waals surface area contributed by atoms with Gasteiger partial charge in [0.05, 0.1) is 13.2 Å². The van der Waals surface area contributed by atoms with E-state index < -0.39 is 38.3 Å². The van der Waals surface area contributed by atoms with Gasteiger partial charge in [-0.05, 0) is 50.7 Å². The van der Waals surface area contributed by atoms with Crippen LogP contribution in [0.2, 0.25) is 0 Å². The van der Waals surface area contributed by atoms with Crippen LogP contribution in [0.5, 0.6) is 0 Å². The van der Waals surface area contributed by atoms with Crippen molar-refractivity contribution in [3.8, 4) is 0 Å². The lowest BCUT2D eigenvalue weighted by Gasteiger charge is -2.49. The molecule has 0 radical (unpaired) electrons. The molecule has 0 aliphatic carbocycles. The van der Waals surface area contributed by atoms with Crippen molar-refractivity contribution in [3.63, 3.8) is 0 Å². The van der Waals surface area contributed by atoms with Crippen molar-refractivity contribution in [2.75, 3.05) is 26.4 Å². The Balaban J connectivity index is 8.04. The zero-order chi connectivity index (χ0) is 49.5. The highest BCUT2D eigenvalue weighted by atomic mass is 31.1. The number of hydrogen-bond acceptors (Lipinski definition) is 9. The average Bonchev–Trinajstić information content (AvgIpc) is 3.34. The first kappa shape index (κ1) is 65.7. The van der Waals surface area contributed by atoms with Gasteiger partial charge in [-0.1, -0.05) is 247 Å². The molecule has 0 rings (SSSR count). The first-order chi connectivity index (χ1) is 32.8. The maximum Gasteiger partial charge on any atom is 0.313 e. The molecule has 0 N–H and O–H groups in total. The van der Waals surface area contributed by atoms with E-state index >= 15 is 0 Å². The molecule has 67 heavy (non-hydrogen) atoms. The highest BCUT2D eigenvalue weighted by Crippen LogP contribution is 2.48. The smallest absolute Gasteiger partial charge is 0.313 e. The zero-order valence-corrected chi connectivity index (χ0v) is 45.6. The lowest BCUT2D eigenvalue weighted by Crippen LogP contribution is -2.68. The predicted octanol–water partition coefficient (Wildman–Crippen LogP) is 17.5. The van der Waals surface area contributed by atoms with Crippen molar-refractivity contribution >= 4 is 20.0 Å². The standard InChI is InChI=1S/C57H107O9P/c1-9-17-23-29-35-41-47-61-55(62-48-42-36-30-24-18-10-2)56(63-49-43-37-31-25-19-11-3,65-53(51(58)15-7)45-39-33-27-21-13-5)57(67-60,64-50-44-38-32-26-20-12-4)66-54(52(59)16-8)46-40-34-28-22-14-6/h15-16,53-55H,7-14,17-50H2,1-6H3. The molecule has 9 nitrogen and oxygen atoms in total. The van der Waals surface area contributed by atoms with Gasteiger partial charge >= 0.3 is 5.53 Å². The largest absolute Gasteiger partial charge is 0.348 e. The second-order valence-corrected chi connectivity index (χ2v) is 19.8. The van der Waals surface area contributed by atoms with Gasteiger partial charge in [0.1, 0.15) is 12.2 Å².